The van der Waals surface area contributed by atoms with Gasteiger partial charge < -0.3 is 19.2 Å². The van der Waals surface area contributed by atoms with Crippen molar-refractivity contribution in [3.05, 3.63) is 59.9 Å². The lowest BCUT2D eigenvalue weighted by Gasteiger charge is -2.09. The van der Waals surface area contributed by atoms with Gasteiger partial charge in [-0.15, -0.1) is 6.42 Å². The van der Waals surface area contributed by atoms with Crippen molar-refractivity contribution in [1.29, 1.82) is 0 Å². The number of para-hydroxylation sites is 1. The predicted octanol–water partition coefficient (Wildman–Crippen LogP) is 4.62. The van der Waals surface area contributed by atoms with Crippen molar-refractivity contribution in [2.24, 2.45) is 0 Å². The van der Waals surface area contributed by atoms with Crippen molar-refractivity contribution in [1.82, 2.24) is 0 Å². The predicted molar refractivity (Wildman–Crippen MR) is 105 cm³/mol. The summed E-state index contributed by atoms with van der Waals surface area (Å²) in [5.41, 5.74) is 2.03. The van der Waals surface area contributed by atoms with Crippen LogP contribution in [0.3, 0.4) is 0 Å². The van der Waals surface area contributed by atoms with Crippen LogP contribution in [0.15, 0.2) is 52.9 Å². The van der Waals surface area contributed by atoms with Crippen molar-refractivity contribution >= 4 is 22.6 Å². The number of fused-ring (bicyclic) bond motifs is 1. The molecule has 0 bridgehead atoms. The van der Waals surface area contributed by atoms with E-state index in [1.807, 2.05) is 38.1 Å². The fraction of sp³-hybridized carbons (Fsp3) is 0.227. The van der Waals surface area contributed by atoms with E-state index in [9.17, 15) is 4.79 Å². The van der Waals surface area contributed by atoms with Gasteiger partial charge in [0.15, 0.2) is 5.76 Å². The average Bonchev–Trinajstić information content (AvgIpc) is 3.04. The zero-order valence-electron chi connectivity index (χ0n) is 15.3. The molecule has 0 spiro atoms. The van der Waals surface area contributed by atoms with Crippen LogP contribution in [-0.4, -0.2) is 18.6 Å². The Morgan fingerprint density at radius 1 is 1.19 bits per heavy atom. The standard InChI is InChI=1S/C22H21NO4/c1-4-13-25-17-11-9-16(10-12-17)23-22(24)21-19(14-26-15(2)3)18-7-5-6-8-20(18)27-21/h1,5-12,15H,13-14H2,2-3H3,(H,23,24). The molecule has 5 nitrogen and oxygen atoms in total. The van der Waals surface area contributed by atoms with Gasteiger partial charge >= 0.3 is 0 Å². The number of benzene rings is 2. The quantitative estimate of drug-likeness (QED) is 0.622. The zero-order valence-corrected chi connectivity index (χ0v) is 15.3. The number of rotatable bonds is 7. The average molecular weight is 363 g/mol. The first-order valence-corrected chi connectivity index (χ1v) is 8.68. The molecule has 0 unspecified atom stereocenters. The van der Waals surface area contributed by atoms with Crippen LogP contribution >= 0.6 is 0 Å². The maximum absolute atomic E-state index is 12.8. The van der Waals surface area contributed by atoms with E-state index in [4.69, 9.17) is 20.3 Å². The molecule has 138 valence electrons. The molecule has 5 heteroatoms. The van der Waals surface area contributed by atoms with E-state index in [1.165, 1.54) is 0 Å². The minimum atomic E-state index is -0.328. The lowest BCUT2D eigenvalue weighted by molar-refractivity contribution is 0.0648. The third-order valence-electron chi connectivity index (χ3n) is 3.90. The third-order valence-corrected chi connectivity index (χ3v) is 3.90. The monoisotopic (exact) mass is 363 g/mol. The Morgan fingerprint density at radius 3 is 2.63 bits per heavy atom. The maximum atomic E-state index is 12.8. The molecule has 3 rings (SSSR count). The second kappa shape index (κ2) is 8.43. The lowest BCUT2D eigenvalue weighted by atomic mass is 10.1. The van der Waals surface area contributed by atoms with Crippen LogP contribution in [0.25, 0.3) is 11.0 Å². The molecule has 0 atom stereocenters. The molecule has 0 aliphatic carbocycles. The van der Waals surface area contributed by atoms with Gasteiger partial charge in [0, 0.05) is 16.6 Å². The van der Waals surface area contributed by atoms with Gasteiger partial charge in [-0.05, 0) is 44.2 Å². The normalized spacial score (nSPS) is 10.7. The number of hydrogen-bond donors (Lipinski definition) is 1. The molecule has 3 aromatic rings. The molecule has 1 N–H and O–H groups in total. The van der Waals surface area contributed by atoms with Crippen LogP contribution in [0.2, 0.25) is 0 Å². The minimum absolute atomic E-state index is 0.0464. The summed E-state index contributed by atoms with van der Waals surface area (Å²) in [5.74, 6) is 2.97. The first kappa shape index (κ1) is 18.6. The van der Waals surface area contributed by atoms with Crippen molar-refractivity contribution in [3.63, 3.8) is 0 Å². The summed E-state index contributed by atoms with van der Waals surface area (Å²) in [6, 6.07) is 14.5. The maximum Gasteiger partial charge on any atom is 0.291 e. The minimum Gasteiger partial charge on any atom is -0.481 e. The molecule has 1 amide bonds. The summed E-state index contributed by atoms with van der Waals surface area (Å²) in [4.78, 5) is 12.8. The summed E-state index contributed by atoms with van der Waals surface area (Å²) >= 11 is 0. The number of amides is 1. The van der Waals surface area contributed by atoms with E-state index in [2.05, 4.69) is 11.2 Å². The molecule has 27 heavy (non-hydrogen) atoms. The Bertz CT molecular complexity index is 964. The van der Waals surface area contributed by atoms with E-state index in [1.54, 1.807) is 24.3 Å². The number of hydrogen-bond acceptors (Lipinski definition) is 4. The topological polar surface area (TPSA) is 60.7 Å². The van der Waals surface area contributed by atoms with Gasteiger partial charge in [0.05, 0.1) is 12.7 Å². The van der Waals surface area contributed by atoms with Crippen molar-refractivity contribution in [2.45, 2.75) is 26.6 Å². The summed E-state index contributed by atoms with van der Waals surface area (Å²) in [6.45, 7) is 4.40. The molecular weight excluding hydrogens is 342 g/mol. The highest BCUT2D eigenvalue weighted by molar-refractivity contribution is 6.06. The molecule has 0 fully saturated rings. The Morgan fingerprint density at radius 2 is 1.93 bits per heavy atom. The Labute approximate surface area is 158 Å². The van der Waals surface area contributed by atoms with E-state index in [-0.39, 0.29) is 24.4 Å². The van der Waals surface area contributed by atoms with Gasteiger partial charge in [-0.3, -0.25) is 4.79 Å². The largest absolute Gasteiger partial charge is 0.481 e. The van der Waals surface area contributed by atoms with Gasteiger partial charge in [-0.1, -0.05) is 24.1 Å². The zero-order chi connectivity index (χ0) is 19.2. The molecule has 0 radical (unpaired) electrons. The Balaban J connectivity index is 1.82. The first-order valence-electron chi connectivity index (χ1n) is 8.68. The second-order valence-corrected chi connectivity index (χ2v) is 6.24. The van der Waals surface area contributed by atoms with Gasteiger partial charge in [0.25, 0.3) is 5.91 Å². The second-order valence-electron chi connectivity index (χ2n) is 6.24. The number of furan rings is 1. The van der Waals surface area contributed by atoms with Crippen molar-refractivity contribution in [3.8, 4) is 18.1 Å². The van der Waals surface area contributed by atoms with Crippen LogP contribution in [0.4, 0.5) is 5.69 Å². The van der Waals surface area contributed by atoms with E-state index >= 15 is 0 Å². The Kier molecular flexibility index (Phi) is 5.80. The van der Waals surface area contributed by atoms with Gasteiger partial charge in [-0.2, -0.15) is 0 Å². The Hall–Kier alpha value is -3.23. The van der Waals surface area contributed by atoms with Gasteiger partial charge in [0.2, 0.25) is 0 Å². The summed E-state index contributed by atoms with van der Waals surface area (Å²) < 4.78 is 16.8. The van der Waals surface area contributed by atoms with E-state index in [0.717, 1.165) is 10.9 Å². The fourth-order valence-electron chi connectivity index (χ4n) is 2.62. The molecule has 1 aromatic heterocycles. The van der Waals surface area contributed by atoms with Crippen molar-refractivity contribution in [2.75, 3.05) is 11.9 Å². The molecule has 2 aromatic carbocycles. The van der Waals surface area contributed by atoms with Gasteiger partial charge in [-0.25, -0.2) is 0 Å². The molecule has 1 heterocycles. The smallest absolute Gasteiger partial charge is 0.291 e. The van der Waals surface area contributed by atoms with Crippen LogP contribution in [0.5, 0.6) is 5.75 Å². The van der Waals surface area contributed by atoms with Crippen LogP contribution in [-0.2, 0) is 11.3 Å². The van der Waals surface area contributed by atoms with Crippen LogP contribution in [0.1, 0.15) is 30.0 Å². The third kappa shape index (κ3) is 4.49. The number of carbonyl (C=O) groups excluding carboxylic acids is 1. The number of terminal acetylenes is 1. The molecule has 0 saturated carbocycles. The molecule has 0 aliphatic heterocycles. The number of anilines is 1. The molecular formula is C22H21NO4. The molecule has 0 aliphatic rings. The SMILES string of the molecule is C#CCOc1ccc(NC(=O)c2oc3ccccc3c2COC(C)C)cc1. The highest BCUT2D eigenvalue weighted by Crippen LogP contribution is 2.28. The summed E-state index contributed by atoms with van der Waals surface area (Å²) in [5, 5.41) is 3.72. The van der Waals surface area contributed by atoms with Gasteiger partial charge in [0.1, 0.15) is 17.9 Å². The first-order chi connectivity index (χ1) is 13.1. The highest BCUT2D eigenvalue weighted by atomic mass is 16.5. The lowest BCUT2D eigenvalue weighted by Crippen LogP contribution is -2.14. The van der Waals surface area contributed by atoms with Crippen molar-refractivity contribution < 1.29 is 18.7 Å². The fourth-order valence-corrected chi connectivity index (χ4v) is 2.62. The number of carbonyl (C=O) groups is 1. The highest BCUT2D eigenvalue weighted by Gasteiger charge is 2.21. The number of ether oxygens (including phenoxy) is 2. The van der Waals surface area contributed by atoms with Crippen LogP contribution in [0, 0.1) is 12.3 Å². The summed E-state index contributed by atoms with van der Waals surface area (Å²) in [6.07, 6.45) is 5.22. The molecule has 0 saturated heterocycles. The summed E-state index contributed by atoms with van der Waals surface area (Å²) in [7, 11) is 0. The number of nitrogens with one attached hydrogen (secondary N) is 1. The van der Waals surface area contributed by atoms with Crippen LogP contribution < -0.4 is 10.1 Å². The van der Waals surface area contributed by atoms with E-state index < -0.39 is 0 Å². The van der Waals surface area contributed by atoms with E-state index in [0.29, 0.717) is 23.6 Å².